The first kappa shape index (κ1) is 14.7. The highest BCUT2D eigenvalue weighted by atomic mass is 16.6. The number of rotatable bonds is 5. The molecule has 0 radical (unpaired) electrons. The van der Waals surface area contributed by atoms with Crippen molar-refractivity contribution in [1.82, 2.24) is 4.98 Å². The Morgan fingerprint density at radius 2 is 1.72 bits per heavy atom. The molecule has 2 fully saturated rings. The quantitative estimate of drug-likeness (QED) is 0.727. The molecule has 2 aliphatic rings. The van der Waals surface area contributed by atoms with Crippen molar-refractivity contribution < 1.29 is 14.2 Å². The molecule has 1 N–H and O–H groups in total. The predicted octanol–water partition coefficient (Wildman–Crippen LogP) is 3.25. The fourth-order valence-electron chi connectivity index (χ4n) is 3.14. The molecule has 3 heterocycles. The van der Waals surface area contributed by atoms with Gasteiger partial charge in [-0.2, -0.15) is 0 Å². The Bertz CT molecular complexity index is 988. The van der Waals surface area contributed by atoms with Crippen molar-refractivity contribution in [3.8, 4) is 5.75 Å². The van der Waals surface area contributed by atoms with Gasteiger partial charge in [-0.25, -0.2) is 0 Å². The number of hydrogen-bond acceptors (Lipinski definition) is 4. The molecular weight excluding hydrogens is 318 g/mol. The lowest BCUT2D eigenvalue weighted by atomic mass is 10.0. The molecule has 0 aliphatic carbocycles. The van der Waals surface area contributed by atoms with E-state index >= 15 is 0 Å². The Kier molecular flexibility index (Phi) is 3.36. The SMILES string of the molecule is O=c1[nH]c2c(OCc3ccccc3)ccc(C3CO3)c2cc1C1CO1. The number of nitrogens with one attached hydrogen (secondary N) is 1. The van der Waals surface area contributed by atoms with Gasteiger partial charge in [0.2, 0.25) is 0 Å². The average molecular weight is 335 g/mol. The molecule has 0 spiro atoms. The summed E-state index contributed by atoms with van der Waals surface area (Å²) in [5, 5.41) is 0.971. The van der Waals surface area contributed by atoms with Crippen LogP contribution >= 0.6 is 0 Å². The third-order valence-electron chi connectivity index (χ3n) is 4.64. The Morgan fingerprint density at radius 3 is 2.44 bits per heavy atom. The third kappa shape index (κ3) is 2.81. The first-order valence-corrected chi connectivity index (χ1v) is 8.39. The summed E-state index contributed by atoms with van der Waals surface area (Å²) in [6.07, 6.45) is 0.0135. The van der Waals surface area contributed by atoms with E-state index < -0.39 is 0 Å². The van der Waals surface area contributed by atoms with Crippen LogP contribution < -0.4 is 10.3 Å². The Morgan fingerprint density at radius 1 is 1.00 bits per heavy atom. The van der Waals surface area contributed by atoms with E-state index in [2.05, 4.69) is 4.98 Å². The maximum absolute atomic E-state index is 12.4. The van der Waals surface area contributed by atoms with Crippen LogP contribution in [-0.4, -0.2) is 18.2 Å². The highest BCUT2D eigenvalue weighted by molar-refractivity contribution is 5.88. The van der Waals surface area contributed by atoms with Crippen molar-refractivity contribution in [2.45, 2.75) is 18.8 Å². The molecule has 0 amide bonds. The lowest BCUT2D eigenvalue weighted by molar-refractivity contribution is 0.309. The van der Waals surface area contributed by atoms with Gasteiger partial charge >= 0.3 is 0 Å². The first-order valence-electron chi connectivity index (χ1n) is 8.39. The van der Waals surface area contributed by atoms with E-state index in [1.165, 1.54) is 0 Å². The van der Waals surface area contributed by atoms with Gasteiger partial charge in [0.1, 0.15) is 24.6 Å². The van der Waals surface area contributed by atoms with Gasteiger partial charge in [0.15, 0.2) is 0 Å². The zero-order valence-corrected chi connectivity index (χ0v) is 13.5. The minimum absolute atomic E-state index is 0.0879. The molecule has 5 nitrogen and oxygen atoms in total. The monoisotopic (exact) mass is 335 g/mol. The molecule has 2 aromatic carbocycles. The molecule has 2 saturated heterocycles. The van der Waals surface area contributed by atoms with Gasteiger partial charge in [-0.05, 0) is 23.3 Å². The minimum atomic E-state index is -0.117. The van der Waals surface area contributed by atoms with Gasteiger partial charge in [-0.15, -0.1) is 0 Å². The molecule has 5 rings (SSSR count). The fraction of sp³-hybridized carbons (Fsp3) is 0.250. The summed E-state index contributed by atoms with van der Waals surface area (Å²) in [6, 6.07) is 15.8. The van der Waals surface area contributed by atoms with Gasteiger partial charge < -0.3 is 19.2 Å². The highest BCUT2D eigenvalue weighted by Crippen LogP contribution is 2.39. The molecule has 25 heavy (non-hydrogen) atoms. The number of epoxide rings is 2. The van der Waals surface area contributed by atoms with E-state index in [-0.39, 0.29) is 17.8 Å². The van der Waals surface area contributed by atoms with Crippen LogP contribution in [0.2, 0.25) is 0 Å². The van der Waals surface area contributed by atoms with Crippen molar-refractivity contribution in [2.75, 3.05) is 13.2 Å². The molecule has 2 aliphatic heterocycles. The van der Waals surface area contributed by atoms with Crippen molar-refractivity contribution in [3.05, 3.63) is 75.6 Å². The van der Waals surface area contributed by atoms with Crippen LogP contribution in [0.1, 0.15) is 28.9 Å². The molecule has 5 heteroatoms. The number of aromatic nitrogens is 1. The van der Waals surface area contributed by atoms with Crippen molar-refractivity contribution >= 4 is 10.9 Å². The van der Waals surface area contributed by atoms with E-state index in [0.717, 1.165) is 22.0 Å². The molecule has 0 saturated carbocycles. The Hall–Kier alpha value is -2.63. The van der Waals surface area contributed by atoms with E-state index in [0.29, 0.717) is 31.1 Å². The molecule has 1 aromatic heterocycles. The minimum Gasteiger partial charge on any atom is -0.487 e. The second-order valence-electron chi connectivity index (χ2n) is 6.41. The van der Waals surface area contributed by atoms with Crippen LogP contribution in [0.3, 0.4) is 0 Å². The Balaban J connectivity index is 1.58. The number of H-pyrrole nitrogens is 1. The van der Waals surface area contributed by atoms with E-state index in [1.54, 1.807) is 0 Å². The molecule has 2 atom stereocenters. The molecule has 3 aromatic rings. The van der Waals surface area contributed by atoms with Crippen LogP contribution in [0.15, 0.2) is 53.3 Å². The summed E-state index contributed by atoms with van der Waals surface area (Å²) in [5.74, 6) is 0.670. The average Bonchev–Trinajstić information content (AvgIpc) is 3.53. The number of ether oxygens (including phenoxy) is 3. The fourth-order valence-corrected chi connectivity index (χ4v) is 3.14. The normalized spacial score (nSPS) is 21.3. The maximum Gasteiger partial charge on any atom is 0.254 e. The summed E-state index contributed by atoms with van der Waals surface area (Å²) < 4.78 is 16.7. The van der Waals surface area contributed by atoms with Gasteiger partial charge in [0.25, 0.3) is 5.56 Å². The van der Waals surface area contributed by atoms with E-state index in [9.17, 15) is 4.79 Å². The molecular formula is C20H17NO4. The number of benzene rings is 2. The lowest BCUT2D eigenvalue weighted by Gasteiger charge is -2.12. The maximum atomic E-state index is 12.4. The van der Waals surface area contributed by atoms with Crippen LogP contribution in [0.5, 0.6) is 5.75 Å². The largest absolute Gasteiger partial charge is 0.487 e. The van der Waals surface area contributed by atoms with Crippen molar-refractivity contribution in [3.63, 3.8) is 0 Å². The molecule has 2 unspecified atom stereocenters. The number of fused-ring (bicyclic) bond motifs is 1. The number of aromatic amines is 1. The third-order valence-corrected chi connectivity index (χ3v) is 4.64. The van der Waals surface area contributed by atoms with Crippen molar-refractivity contribution in [2.24, 2.45) is 0 Å². The van der Waals surface area contributed by atoms with E-state index in [4.69, 9.17) is 14.2 Å². The Labute approximate surface area is 144 Å². The number of hydrogen-bond donors (Lipinski definition) is 1. The highest BCUT2D eigenvalue weighted by Gasteiger charge is 2.31. The summed E-state index contributed by atoms with van der Waals surface area (Å²) in [4.78, 5) is 15.4. The van der Waals surface area contributed by atoms with Crippen LogP contribution in [0.4, 0.5) is 0 Å². The molecule has 126 valence electrons. The zero-order valence-electron chi connectivity index (χ0n) is 13.5. The van der Waals surface area contributed by atoms with Gasteiger partial charge in [-0.1, -0.05) is 36.4 Å². The zero-order chi connectivity index (χ0) is 16.8. The van der Waals surface area contributed by atoms with Gasteiger partial charge in [0, 0.05) is 10.9 Å². The summed E-state index contributed by atoms with van der Waals surface area (Å²) in [6.45, 7) is 1.77. The summed E-state index contributed by atoms with van der Waals surface area (Å²) in [7, 11) is 0. The lowest BCUT2D eigenvalue weighted by Crippen LogP contribution is -2.13. The summed E-state index contributed by atoms with van der Waals surface area (Å²) in [5.41, 5.74) is 3.44. The van der Waals surface area contributed by atoms with Gasteiger partial charge in [0.05, 0.1) is 18.7 Å². The first-order chi connectivity index (χ1) is 12.3. The van der Waals surface area contributed by atoms with Crippen molar-refractivity contribution in [1.29, 1.82) is 0 Å². The molecule has 0 bridgehead atoms. The van der Waals surface area contributed by atoms with Crippen LogP contribution in [0, 0.1) is 0 Å². The topological polar surface area (TPSA) is 67.2 Å². The smallest absolute Gasteiger partial charge is 0.254 e. The number of pyridine rings is 1. The predicted molar refractivity (Wildman–Crippen MR) is 92.7 cm³/mol. The second-order valence-corrected chi connectivity index (χ2v) is 6.41. The van der Waals surface area contributed by atoms with E-state index in [1.807, 2.05) is 48.5 Å². The van der Waals surface area contributed by atoms with Crippen LogP contribution in [-0.2, 0) is 16.1 Å². The summed E-state index contributed by atoms with van der Waals surface area (Å²) >= 11 is 0. The van der Waals surface area contributed by atoms with Crippen LogP contribution in [0.25, 0.3) is 10.9 Å². The second kappa shape index (κ2) is 5.72. The van der Waals surface area contributed by atoms with Gasteiger partial charge in [-0.3, -0.25) is 4.79 Å². The standard InChI is InChI=1S/C20H17NO4/c22-20-15(18-11-25-18)8-14-13(17-10-24-17)6-7-16(19(14)21-20)23-9-12-4-2-1-3-5-12/h1-8,17-18H,9-11H2,(H,21,22).